The van der Waals surface area contributed by atoms with E-state index in [0.717, 1.165) is 0 Å². The van der Waals surface area contributed by atoms with Gasteiger partial charge in [-0.25, -0.2) is 13.1 Å². The minimum absolute atomic E-state index is 0.133. The van der Waals surface area contributed by atoms with Gasteiger partial charge >= 0.3 is 0 Å². The Bertz CT molecular complexity index is 463. The van der Waals surface area contributed by atoms with Gasteiger partial charge in [-0.3, -0.25) is 4.98 Å². The van der Waals surface area contributed by atoms with Gasteiger partial charge in [0, 0.05) is 18.3 Å². The van der Waals surface area contributed by atoms with Crippen LogP contribution in [-0.4, -0.2) is 48.1 Å². The van der Waals surface area contributed by atoms with Crippen molar-refractivity contribution in [3.8, 4) is 0 Å². The Morgan fingerprint density at radius 3 is 2.47 bits per heavy atom. The van der Waals surface area contributed by atoms with Crippen molar-refractivity contribution in [1.82, 2.24) is 9.71 Å². The van der Waals surface area contributed by atoms with Crippen LogP contribution in [0.2, 0.25) is 0 Å². The number of aromatic nitrogens is 1. The molecule has 0 aliphatic carbocycles. The standard InChI is InChI=1S/C12H20N2O4S/c1-2-12(9-15,10-16)14-19(17,18)8-6-11-5-3-4-7-13-11/h3-5,7,14-16H,2,6,8-10H2,1H3. The molecule has 0 aliphatic heterocycles. The van der Waals surface area contributed by atoms with Crippen molar-refractivity contribution in [2.45, 2.75) is 25.3 Å². The maximum Gasteiger partial charge on any atom is 0.212 e. The second kappa shape index (κ2) is 6.95. The third-order valence-corrected chi connectivity index (χ3v) is 4.49. The zero-order valence-electron chi connectivity index (χ0n) is 10.9. The predicted octanol–water partition coefficient (Wildman–Crippen LogP) is -0.323. The molecule has 0 saturated heterocycles. The maximum absolute atomic E-state index is 11.9. The molecule has 0 spiro atoms. The second-order valence-electron chi connectivity index (χ2n) is 4.44. The Hall–Kier alpha value is -1.02. The molecule has 0 radical (unpaired) electrons. The summed E-state index contributed by atoms with van der Waals surface area (Å²) in [5.74, 6) is -0.133. The summed E-state index contributed by atoms with van der Waals surface area (Å²) in [5, 5.41) is 18.5. The number of hydrogen-bond acceptors (Lipinski definition) is 5. The van der Waals surface area contributed by atoms with Crippen molar-refractivity contribution in [2.75, 3.05) is 19.0 Å². The zero-order chi connectivity index (χ0) is 14.4. The summed E-state index contributed by atoms with van der Waals surface area (Å²) >= 11 is 0. The molecule has 0 unspecified atom stereocenters. The van der Waals surface area contributed by atoms with Crippen LogP contribution < -0.4 is 4.72 Å². The van der Waals surface area contributed by atoms with E-state index in [9.17, 15) is 18.6 Å². The summed E-state index contributed by atoms with van der Waals surface area (Å²) < 4.78 is 26.2. The number of rotatable bonds is 8. The van der Waals surface area contributed by atoms with Crippen LogP contribution in [0, 0.1) is 0 Å². The third kappa shape index (κ3) is 4.87. The first-order valence-corrected chi connectivity index (χ1v) is 7.75. The molecule has 1 heterocycles. The average Bonchev–Trinajstić information content (AvgIpc) is 2.44. The summed E-state index contributed by atoms with van der Waals surface area (Å²) in [6, 6.07) is 5.30. The first kappa shape index (κ1) is 16.0. The molecule has 7 heteroatoms. The Labute approximate surface area is 113 Å². The first-order chi connectivity index (χ1) is 8.97. The third-order valence-electron chi connectivity index (χ3n) is 3.01. The largest absolute Gasteiger partial charge is 0.394 e. The van der Waals surface area contributed by atoms with E-state index in [1.807, 2.05) is 0 Å². The molecule has 0 aromatic carbocycles. The fraction of sp³-hybridized carbons (Fsp3) is 0.583. The summed E-state index contributed by atoms with van der Waals surface area (Å²) in [7, 11) is -3.58. The molecule has 6 nitrogen and oxygen atoms in total. The first-order valence-electron chi connectivity index (χ1n) is 6.10. The number of aliphatic hydroxyl groups is 2. The van der Waals surface area contributed by atoms with Crippen molar-refractivity contribution >= 4 is 10.0 Å². The van der Waals surface area contributed by atoms with Crippen LogP contribution in [-0.2, 0) is 16.4 Å². The molecule has 0 saturated carbocycles. The van der Waals surface area contributed by atoms with Gasteiger partial charge in [0.05, 0.1) is 24.5 Å². The molecule has 108 valence electrons. The molecule has 0 bridgehead atoms. The Kier molecular flexibility index (Phi) is 5.86. The lowest BCUT2D eigenvalue weighted by Gasteiger charge is -2.29. The fourth-order valence-corrected chi connectivity index (χ4v) is 3.09. The summed E-state index contributed by atoms with van der Waals surface area (Å²) in [6.45, 7) is 0.819. The van der Waals surface area contributed by atoms with Crippen molar-refractivity contribution < 1.29 is 18.6 Å². The van der Waals surface area contributed by atoms with E-state index < -0.39 is 28.8 Å². The van der Waals surface area contributed by atoms with Crippen LogP contribution in [0.3, 0.4) is 0 Å². The lowest BCUT2D eigenvalue weighted by molar-refractivity contribution is 0.105. The molecule has 0 amide bonds. The summed E-state index contributed by atoms with van der Waals surface area (Å²) in [5.41, 5.74) is -0.508. The molecule has 1 aromatic heterocycles. The smallest absolute Gasteiger partial charge is 0.212 e. The van der Waals surface area contributed by atoms with E-state index in [2.05, 4.69) is 9.71 Å². The number of nitrogens with one attached hydrogen (secondary N) is 1. The lowest BCUT2D eigenvalue weighted by atomic mass is 10.0. The molecule has 1 aromatic rings. The number of aliphatic hydroxyl groups excluding tert-OH is 2. The van der Waals surface area contributed by atoms with E-state index in [0.29, 0.717) is 12.1 Å². The van der Waals surface area contributed by atoms with Crippen molar-refractivity contribution in [3.05, 3.63) is 30.1 Å². The van der Waals surface area contributed by atoms with Gasteiger partial charge in [-0.05, 0) is 18.6 Å². The number of aryl methyl sites for hydroxylation is 1. The quantitative estimate of drug-likeness (QED) is 0.608. The maximum atomic E-state index is 11.9. The number of pyridine rings is 1. The van der Waals surface area contributed by atoms with Crippen molar-refractivity contribution in [1.29, 1.82) is 0 Å². The van der Waals surface area contributed by atoms with Crippen molar-refractivity contribution in [2.24, 2.45) is 0 Å². The number of sulfonamides is 1. The predicted molar refractivity (Wildman–Crippen MR) is 72.1 cm³/mol. The van der Waals surface area contributed by atoms with E-state index in [-0.39, 0.29) is 12.2 Å². The second-order valence-corrected chi connectivity index (χ2v) is 6.28. The van der Waals surface area contributed by atoms with Crippen LogP contribution in [0.15, 0.2) is 24.4 Å². The summed E-state index contributed by atoms with van der Waals surface area (Å²) in [6.07, 6.45) is 2.20. The minimum atomic E-state index is -3.58. The fourth-order valence-electron chi connectivity index (χ4n) is 1.58. The molecule has 1 rings (SSSR count). The number of hydrogen-bond donors (Lipinski definition) is 3. The van der Waals surface area contributed by atoms with Gasteiger partial charge in [0.1, 0.15) is 0 Å². The van der Waals surface area contributed by atoms with Gasteiger partial charge in [0.2, 0.25) is 10.0 Å². The highest BCUT2D eigenvalue weighted by atomic mass is 32.2. The van der Waals surface area contributed by atoms with Gasteiger partial charge in [-0.2, -0.15) is 0 Å². The SMILES string of the molecule is CCC(CO)(CO)NS(=O)(=O)CCc1ccccn1. The minimum Gasteiger partial charge on any atom is -0.394 e. The lowest BCUT2D eigenvalue weighted by Crippen LogP contribution is -2.54. The van der Waals surface area contributed by atoms with Gasteiger partial charge < -0.3 is 10.2 Å². The molecule has 3 N–H and O–H groups in total. The van der Waals surface area contributed by atoms with Crippen molar-refractivity contribution in [3.63, 3.8) is 0 Å². The monoisotopic (exact) mass is 288 g/mol. The normalized spacial score (nSPS) is 12.6. The van der Waals surface area contributed by atoms with E-state index >= 15 is 0 Å². The van der Waals surface area contributed by atoms with Gasteiger partial charge in [-0.1, -0.05) is 13.0 Å². The Morgan fingerprint density at radius 2 is 2.00 bits per heavy atom. The molecular weight excluding hydrogens is 268 g/mol. The molecule has 19 heavy (non-hydrogen) atoms. The topological polar surface area (TPSA) is 99.5 Å². The van der Waals surface area contributed by atoms with Gasteiger partial charge in [0.25, 0.3) is 0 Å². The Balaban J connectivity index is 2.66. The van der Waals surface area contributed by atoms with Crippen LogP contribution in [0.25, 0.3) is 0 Å². The van der Waals surface area contributed by atoms with Crippen LogP contribution in [0.4, 0.5) is 0 Å². The average molecular weight is 288 g/mol. The molecule has 0 aliphatic rings. The van der Waals surface area contributed by atoms with Crippen LogP contribution >= 0.6 is 0 Å². The number of nitrogens with zero attached hydrogens (tertiary/aromatic N) is 1. The highest BCUT2D eigenvalue weighted by molar-refractivity contribution is 7.89. The van der Waals surface area contributed by atoms with Gasteiger partial charge in [0.15, 0.2) is 0 Å². The molecule has 0 atom stereocenters. The highest BCUT2D eigenvalue weighted by Crippen LogP contribution is 2.11. The summed E-state index contributed by atoms with van der Waals surface area (Å²) in [4.78, 5) is 4.05. The van der Waals surface area contributed by atoms with E-state index in [1.165, 1.54) is 0 Å². The van der Waals surface area contributed by atoms with Gasteiger partial charge in [-0.15, -0.1) is 0 Å². The molecule has 0 fully saturated rings. The Morgan fingerprint density at radius 1 is 1.32 bits per heavy atom. The zero-order valence-corrected chi connectivity index (χ0v) is 11.7. The van der Waals surface area contributed by atoms with Crippen LogP contribution in [0.1, 0.15) is 19.0 Å². The van der Waals surface area contributed by atoms with E-state index in [1.54, 1.807) is 31.3 Å². The van der Waals surface area contributed by atoms with E-state index in [4.69, 9.17) is 0 Å². The molecular formula is C12H20N2O4S. The highest BCUT2D eigenvalue weighted by Gasteiger charge is 2.31. The van der Waals surface area contributed by atoms with Crippen LogP contribution in [0.5, 0.6) is 0 Å².